The second-order valence-electron chi connectivity index (χ2n) is 7.57. The molecule has 0 saturated carbocycles. The Bertz CT molecular complexity index is 1350. The molecular formula is C24H23FN4O3S. The van der Waals surface area contributed by atoms with E-state index in [-0.39, 0.29) is 23.3 Å². The van der Waals surface area contributed by atoms with Crippen LogP contribution in [0.15, 0.2) is 64.5 Å². The standard InChI is InChI=1S/C24H23FN4O3S/c1-14-12-20-22(26-14)23(31)29(18-8-6-17(25)7-9-18)24(28-20)33-13-21(30)27-15(2)16-4-10-19(32-3)11-5-16/h4-12,15,26H,13H2,1-3H3,(H,27,30)/t15-/m1/s1. The second kappa shape index (κ2) is 9.50. The van der Waals surface area contributed by atoms with Crippen molar-refractivity contribution in [2.45, 2.75) is 25.0 Å². The number of aryl methyl sites for hydroxylation is 1. The number of benzene rings is 2. The molecule has 1 amide bonds. The number of hydrogen-bond donors (Lipinski definition) is 2. The molecule has 1 atom stereocenters. The molecule has 4 rings (SSSR count). The van der Waals surface area contributed by atoms with Gasteiger partial charge in [0.2, 0.25) is 5.91 Å². The van der Waals surface area contributed by atoms with Crippen LogP contribution in [0.5, 0.6) is 5.75 Å². The van der Waals surface area contributed by atoms with E-state index >= 15 is 0 Å². The van der Waals surface area contributed by atoms with Crippen LogP contribution in [0, 0.1) is 12.7 Å². The van der Waals surface area contributed by atoms with E-state index in [2.05, 4.69) is 15.3 Å². The third-order valence-corrected chi connectivity index (χ3v) is 6.10. The molecule has 0 spiro atoms. The van der Waals surface area contributed by atoms with Crippen LogP contribution in [0.3, 0.4) is 0 Å². The Balaban J connectivity index is 1.57. The van der Waals surface area contributed by atoms with Crippen molar-refractivity contribution in [2.24, 2.45) is 0 Å². The molecule has 2 N–H and O–H groups in total. The van der Waals surface area contributed by atoms with Crippen molar-refractivity contribution in [3.05, 3.63) is 82.0 Å². The Morgan fingerprint density at radius 3 is 2.58 bits per heavy atom. The number of ether oxygens (including phenoxy) is 1. The van der Waals surface area contributed by atoms with E-state index in [4.69, 9.17) is 4.74 Å². The van der Waals surface area contributed by atoms with Crippen LogP contribution in [0.1, 0.15) is 24.2 Å². The number of aromatic nitrogens is 3. The van der Waals surface area contributed by atoms with E-state index in [9.17, 15) is 14.0 Å². The zero-order chi connectivity index (χ0) is 23.5. The Morgan fingerprint density at radius 1 is 1.21 bits per heavy atom. The van der Waals surface area contributed by atoms with Gasteiger partial charge in [-0.15, -0.1) is 0 Å². The van der Waals surface area contributed by atoms with Crippen LogP contribution >= 0.6 is 11.8 Å². The van der Waals surface area contributed by atoms with Gasteiger partial charge in [-0.1, -0.05) is 23.9 Å². The highest BCUT2D eigenvalue weighted by atomic mass is 32.2. The van der Waals surface area contributed by atoms with Crippen LogP contribution in [0.4, 0.5) is 4.39 Å². The number of hydrogen-bond acceptors (Lipinski definition) is 5. The molecule has 4 aromatic rings. The molecule has 0 fully saturated rings. The Kier molecular flexibility index (Phi) is 6.50. The number of amides is 1. The molecule has 0 radical (unpaired) electrons. The predicted octanol–water partition coefficient (Wildman–Crippen LogP) is 4.14. The fourth-order valence-corrected chi connectivity index (χ4v) is 4.31. The van der Waals surface area contributed by atoms with Gasteiger partial charge in [0.15, 0.2) is 5.16 Å². The molecule has 7 nitrogen and oxygen atoms in total. The minimum Gasteiger partial charge on any atom is -0.497 e. The lowest BCUT2D eigenvalue weighted by Crippen LogP contribution is -2.29. The summed E-state index contributed by atoms with van der Waals surface area (Å²) in [5.74, 6) is 0.197. The van der Waals surface area contributed by atoms with E-state index < -0.39 is 5.82 Å². The maximum Gasteiger partial charge on any atom is 0.283 e. The lowest BCUT2D eigenvalue weighted by atomic mass is 10.1. The fourth-order valence-electron chi connectivity index (χ4n) is 3.48. The number of fused-ring (bicyclic) bond motifs is 1. The van der Waals surface area contributed by atoms with Crippen molar-refractivity contribution in [3.63, 3.8) is 0 Å². The zero-order valence-corrected chi connectivity index (χ0v) is 19.2. The Morgan fingerprint density at radius 2 is 1.91 bits per heavy atom. The van der Waals surface area contributed by atoms with Crippen LogP contribution < -0.4 is 15.6 Å². The molecule has 0 aliphatic rings. The molecule has 33 heavy (non-hydrogen) atoms. The smallest absolute Gasteiger partial charge is 0.283 e. The molecule has 0 saturated heterocycles. The maximum absolute atomic E-state index is 13.4. The van der Waals surface area contributed by atoms with Crippen molar-refractivity contribution in [1.29, 1.82) is 0 Å². The lowest BCUT2D eigenvalue weighted by molar-refractivity contribution is -0.119. The summed E-state index contributed by atoms with van der Waals surface area (Å²) in [4.78, 5) is 33.4. The first-order chi connectivity index (χ1) is 15.9. The number of thioether (sulfide) groups is 1. The molecule has 0 aliphatic carbocycles. The molecule has 2 aromatic carbocycles. The van der Waals surface area contributed by atoms with Crippen LogP contribution in [-0.4, -0.2) is 33.3 Å². The van der Waals surface area contributed by atoms with Crippen molar-refractivity contribution in [1.82, 2.24) is 19.9 Å². The van der Waals surface area contributed by atoms with Crippen molar-refractivity contribution in [2.75, 3.05) is 12.9 Å². The molecule has 2 aromatic heterocycles. The van der Waals surface area contributed by atoms with Crippen molar-refractivity contribution >= 4 is 28.7 Å². The summed E-state index contributed by atoms with van der Waals surface area (Å²) in [5.41, 5.74) is 2.78. The van der Waals surface area contributed by atoms with Crippen molar-refractivity contribution < 1.29 is 13.9 Å². The summed E-state index contributed by atoms with van der Waals surface area (Å²) < 4.78 is 20.0. The van der Waals surface area contributed by atoms with Gasteiger partial charge in [0.25, 0.3) is 5.56 Å². The largest absolute Gasteiger partial charge is 0.497 e. The highest BCUT2D eigenvalue weighted by molar-refractivity contribution is 7.99. The Hall–Kier alpha value is -3.59. The quantitative estimate of drug-likeness (QED) is 0.316. The minimum absolute atomic E-state index is 0.0586. The van der Waals surface area contributed by atoms with Crippen LogP contribution in [-0.2, 0) is 4.79 Å². The van der Waals surface area contributed by atoms with E-state index in [0.29, 0.717) is 21.9 Å². The fraction of sp³-hybridized carbons (Fsp3) is 0.208. The number of H-pyrrole nitrogens is 1. The first-order valence-corrected chi connectivity index (χ1v) is 11.3. The van der Waals surface area contributed by atoms with Gasteiger partial charge in [-0.2, -0.15) is 0 Å². The predicted molar refractivity (Wildman–Crippen MR) is 127 cm³/mol. The number of nitrogens with zero attached hydrogens (tertiary/aromatic N) is 2. The summed E-state index contributed by atoms with van der Waals surface area (Å²) in [6.07, 6.45) is 0. The molecule has 0 bridgehead atoms. The third kappa shape index (κ3) is 4.93. The molecule has 9 heteroatoms. The number of carbonyl (C=O) groups excluding carboxylic acids is 1. The Labute approximate surface area is 194 Å². The summed E-state index contributed by atoms with van der Waals surface area (Å²) in [7, 11) is 1.60. The average Bonchev–Trinajstić information content (AvgIpc) is 3.19. The molecule has 2 heterocycles. The van der Waals surface area contributed by atoms with Gasteiger partial charge in [-0.3, -0.25) is 14.2 Å². The third-order valence-electron chi connectivity index (χ3n) is 5.17. The van der Waals surface area contributed by atoms with E-state index in [1.807, 2.05) is 38.1 Å². The first-order valence-electron chi connectivity index (χ1n) is 10.3. The van der Waals surface area contributed by atoms with Gasteiger partial charge in [0, 0.05) is 5.69 Å². The van der Waals surface area contributed by atoms with Crippen molar-refractivity contribution in [3.8, 4) is 11.4 Å². The summed E-state index contributed by atoms with van der Waals surface area (Å²) in [5, 5.41) is 3.31. The molecule has 170 valence electrons. The topological polar surface area (TPSA) is 89.0 Å². The van der Waals surface area contributed by atoms with E-state index in [1.54, 1.807) is 13.2 Å². The number of halogens is 1. The van der Waals surface area contributed by atoms with Gasteiger partial charge in [-0.05, 0) is 61.9 Å². The number of rotatable bonds is 7. The number of methoxy groups -OCH3 is 1. The van der Waals surface area contributed by atoms with Crippen LogP contribution in [0.2, 0.25) is 0 Å². The molecule has 0 unspecified atom stereocenters. The lowest BCUT2D eigenvalue weighted by Gasteiger charge is -2.15. The second-order valence-corrected chi connectivity index (χ2v) is 8.52. The molecule has 0 aliphatic heterocycles. The van der Waals surface area contributed by atoms with Crippen LogP contribution in [0.25, 0.3) is 16.7 Å². The normalized spacial score (nSPS) is 12.0. The molecular weight excluding hydrogens is 443 g/mol. The van der Waals surface area contributed by atoms with Gasteiger partial charge in [0.05, 0.1) is 30.1 Å². The summed E-state index contributed by atoms with van der Waals surface area (Å²) in [6.45, 7) is 3.73. The minimum atomic E-state index is -0.405. The number of nitrogens with one attached hydrogen (secondary N) is 2. The zero-order valence-electron chi connectivity index (χ0n) is 18.4. The number of aromatic amines is 1. The average molecular weight is 467 g/mol. The highest BCUT2D eigenvalue weighted by Gasteiger charge is 2.17. The van der Waals surface area contributed by atoms with Gasteiger partial charge < -0.3 is 15.0 Å². The SMILES string of the molecule is COc1ccc([C@@H](C)NC(=O)CSc2nc3cc(C)[nH]c3c(=O)n2-c2ccc(F)cc2)cc1. The van der Waals surface area contributed by atoms with Gasteiger partial charge in [-0.25, -0.2) is 9.37 Å². The number of carbonyl (C=O) groups is 1. The first kappa shape index (κ1) is 22.6. The van der Waals surface area contributed by atoms with Gasteiger partial charge in [0.1, 0.15) is 17.1 Å². The highest BCUT2D eigenvalue weighted by Crippen LogP contribution is 2.23. The maximum atomic E-state index is 13.4. The van der Waals surface area contributed by atoms with Gasteiger partial charge >= 0.3 is 0 Å². The monoisotopic (exact) mass is 466 g/mol. The van der Waals surface area contributed by atoms with E-state index in [1.165, 1.54) is 28.8 Å². The summed E-state index contributed by atoms with van der Waals surface area (Å²) >= 11 is 1.15. The van der Waals surface area contributed by atoms with E-state index in [0.717, 1.165) is 28.8 Å². The summed E-state index contributed by atoms with van der Waals surface area (Å²) in [6, 6.07) is 14.6.